The van der Waals surface area contributed by atoms with E-state index in [-0.39, 0.29) is 17.8 Å². The molecule has 2 rings (SSSR count). The molecule has 1 aromatic rings. The molecule has 0 aromatic heterocycles. The van der Waals surface area contributed by atoms with Crippen molar-refractivity contribution in [3.05, 3.63) is 33.6 Å². The number of halogens is 1. The molecule has 0 bridgehead atoms. The first-order valence-corrected chi connectivity index (χ1v) is 6.31. The van der Waals surface area contributed by atoms with Gasteiger partial charge in [0.2, 0.25) is 0 Å². The van der Waals surface area contributed by atoms with Crippen molar-refractivity contribution in [3.8, 4) is 0 Å². The van der Waals surface area contributed by atoms with Crippen LogP contribution in [0.3, 0.4) is 0 Å². The highest BCUT2D eigenvalue weighted by molar-refractivity contribution is 5.63. The molecule has 2 unspecified atom stereocenters. The van der Waals surface area contributed by atoms with Crippen molar-refractivity contribution in [1.82, 2.24) is 0 Å². The highest BCUT2D eigenvalue weighted by Gasteiger charge is 2.25. The highest BCUT2D eigenvalue weighted by Crippen LogP contribution is 2.29. The molecule has 104 valence electrons. The monoisotopic (exact) mass is 268 g/mol. The van der Waals surface area contributed by atoms with E-state index < -0.39 is 10.7 Å². The second-order valence-electron chi connectivity index (χ2n) is 4.86. The third-order valence-electron chi connectivity index (χ3n) is 3.38. The van der Waals surface area contributed by atoms with Gasteiger partial charge in [0.25, 0.3) is 5.69 Å². The van der Waals surface area contributed by atoms with E-state index in [1.807, 2.05) is 6.92 Å². The molecule has 0 amide bonds. The normalized spacial score (nSPS) is 20.3. The molecule has 1 aliphatic heterocycles. The van der Waals surface area contributed by atoms with Crippen LogP contribution in [0.25, 0.3) is 0 Å². The smallest absolute Gasteiger partial charge is 0.295 e. The lowest BCUT2D eigenvalue weighted by Gasteiger charge is -2.21. The van der Waals surface area contributed by atoms with Crippen LogP contribution in [0.1, 0.15) is 25.3 Å². The zero-order valence-corrected chi connectivity index (χ0v) is 11.0. The van der Waals surface area contributed by atoms with Crippen LogP contribution >= 0.6 is 0 Å². The summed E-state index contributed by atoms with van der Waals surface area (Å²) in [5.41, 5.74) is 0.479. The summed E-state index contributed by atoms with van der Waals surface area (Å²) in [5, 5.41) is 14.0. The number of rotatable bonds is 4. The van der Waals surface area contributed by atoms with Crippen LogP contribution in [-0.2, 0) is 4.74 Å². The van der Waals surface area contributed by atoms with Crippen LogP contribution < -0.4 is 5.32 Å². The fraction of sp³-hybridized carbons (Fsp3) is 0.538. The minimum atomic E-state index is -0.576. The molecule has 5 nitrogen and oxygen atoms in total. The minimum Gasteiger partial charge on any atom is -0.376 e. The summed E-state index contributed by atoms with van der Waals surface area (Å²) in [6.07, 6.45) is 1.98. The third kappa shape index (κ3) is 3.01. The van der Waals surface area contributed by atoms with Crippen molar-refractivity contribution in [2.75, 3.05) is 11.9 Å². The predicted molar refractivity (Wildman–Crippen MR) is 69.9 cm³/mol. The van der Waals surface area contributed by atoms with Gasteiger partial charge in [0.05, 0.1) is 17.1 Å². The molecular formula is C13H17FN2O3. The number of nitro groups is 1. The lowest BCUT2D eigenvalue weighted by atomic mass is 10.1. The first-order valence-electron chi connectivity index (χ1n) is 6.31. The Morgan fingerprint density at radius 3 is 2.89 bits per heavy atom. The lowest BCUT2D eigenvalue weighted by molar-refractivity contribution is -0.384. The fourth-order valence-electron chi connectivity index (χ4n) is 2.27. The van der Waals surface area contributed by atoms with E-state index in [2.05, 4.69) is 5.32 Å². The van der Waals surface area contributed by atoms with Crippen LogP contribution in [0.2, 0.25) is 0 Å². The van der Waals surface area contributed by atoms with Crippen molar-refractivity contribution in [2.24, 2.45) is 0 Å². The number of hydrogen-bond acceptors (Lipinski definition) is 4. The molecule has 0 aliphatic carbocycles. The van der Waals surface area contributed by atoms with E-state index in [1.165, 1.54) is 6.07 Å². The summed E-state index contributed by atoms with van der Waals surface area (Å²) < 4.78 is 18.9. The van der Waals surface area contributed by atoms with Crippen LogP contribution in [0.4, 0.5) is 15.8 Å². The maximum atomic E-state index is 13.4. The number of benzene rings is 1. The van der Waals surface area contributed by atoms with E-state index in [4.69, 9.17) is 4.74 Å². The summed E-state index contributed by atoms with van der Waals surface area (Å²) in [5.74, 6) is -0.568. The SMILES string of the molecule is Cc1cc(NC(C)C2CCCO2)c([N+](=O)[O-])cc1F. The largest absolute Gasteiger partial charge is 0.376 e. The lowest BCUT2D eigenvalue weighted by Crippen LogP contribution is -2.30. The van der Waals surface area contributed by atoms with Gasteiger partial charge in [-0.15, -0.1) is 0 Å². The van der Waals surface area contributed by atoms with Crippen molar-refractivity contribution in [1.29, 1.82) is 0 Å². The van der Waals surface area contributed by atoms with Crippen LogP contribution in [0.15, 0.2) is 12.1 Å². The molecule has 1 N–H and O–H groups in total. The van der Waals surface area contributed by atoms with Gasteiger partial charge in [0.1, 0.15) is 11.5 Å². The fourth-order valence-corrected chi connectivity index (χ4v) is 2.27. The Morgan fingerprint density at radius 1 is 1.58 bits per heavy atom. The zero-order chi connectivity index (χ0) is 14.0. The first kappa shape index (κ1) is 13.7. The van der Waals surface area contributed by atoms with E-state index >= 15 is 0 Å². The van der Waals surface area contributed by atoms with Crippen molar-refractivity contribution in [3.63, 3.8) is 0 Å². The molecule has 1 heterocycles. The Morgan fingerprint density at radius 2 is 2.32 bits per heavy atom. The number of ether oxygens (including phenoxy) is 1. The number of nitrogens with one attached hydrogen (secondary N) is 1. The minimum absolute atomic E-state index is 0.0463. The standard InChI is InChI=1S/C13H17FN2O3/c1-8-6-11(12(16(17)18)7-10(8)14)15-9(2)13-4-3-5-19-13/h6-7,9,13,15H,3-5H2,1-2H3. The van der Waals surface area contributed by atoms with Gasteiger partial charge in [-0.25, -0.2) is 4.39 Å². The molecule has 0 saturated carbocycles. The summed E-state index contributed by atoms with van der Waals surface area (Å²) in [7, 11) is 0. The van der Waals surface area contributed by atoms with Gasteiger partial charge in [-0.1, -0.05) is 0 Å². The average Bonchev–Trinajstić information content (AvgIpc) is 2.86. The summed E-state index contributed by atoms with van der Waals surface area (Å²) in [6, 6.07) is 2.38. The Balaban J connectivity index is 2.22. The number of aryl methyl sites for hydroxylation is 1. The van der Waals surface area contributed by atoms with Gasteiger partial charge in [0.15, 0.2) is 0 Å². The van der Waals surface area contributed by atoms with Crippen LogP contribution in [0, 0.1) is 22.9 Å². The summed E-state index contributed by atoms with van der Waals surface area (Å²) in [4.78, 5) is 10.4. The van der Waals surface area contributed by atoms with E-state index in [9.17, 15) is 14.5 Å². The van der Waals surface area contributed by atoms with Gasteiger partial charge in [0, 0.05) is 12.6 Å². The van der Waals surface area contributed by atoms with Crippen molar-refractivity contribution < 1.29 is 14.1 Å². The molecule has 0 radical (unpaired) electrons. The van der Waals surface area contributed by atoms with Gasteiger partial charge in [-0.2, -0.15) is 0 Å². The molecule has 1 aliphatic rings. The van der Waals surface area contributed by atoms with E-state index in [1.54, 1.807) is 6.92 Å². The second kappa shape index (κ2) is 5.52. The van der Waals surface area contributed by atoms with Gasteiger partial charge < -0.3 is 10.1 Å². The van der Waals surface area contributed by atoms with Gasteiger partial charge >= 0.3 is 0 Å². The molecule has 1 fully saturated rings. The highest BCUT2D eigenvalue weighted by atomic mass is 19.1. The number of nitrogens with zero attached hydrogens (tertiary/aromatic N) is 1. The topological polar surface area (TPSA) is 64.4 Å². The Bertz CT molecular complexity index is 487. The third-order valence-corrected chi connectivity index (χ3v) is 3.38. The Labute approximate surface area is 110 Å². The number of nitro benzene ring substituents is 1. The first-order chi connectivity index (χ1) is 8.99. The molecule has 0 spiro atoms. The second-order valence-corrected chi connectivity index (χ2v) is 4.86. The quantitative estimate of drug-likeness (QED) is 0.673. The molecular weight excluding hydrogens is 251 g/mol. The van der Waals surface area contributed by atoms with Gasteiger partial charge in [-0.3, -0.25) is 10.1 Å². The predicted octanol–water partition coefficient (Wildman–Crippen LogP) is 3.02. The summed E-state index contributed by atoms with van der Waals surface area (Å²) >= 11 is 0. The maximum absolute atomic E-state index is 13.4. The van der Waals surface area contributed by atoms with E-state index in [0.717, 1.165) is 25.5 Å². The van der Waals surface area contributed by atoms with Crippen LogP contribution in [0.5, 0.6) is 0 Å². The molecule has 6 heteroatoms. The maximum Gasteiger partial charge on any atom is 0.295 e. The zero-order valence-electron chi connectivity index (χ0n) is 11.0. The Kier molecular flexibility index (Phi) is 3.99. The van der Waals surface area contributed by atoms with Gasteiger partial charge in [-0.05, 0) is 38.3 Å². The van der Waals surface area contributed by atoms with E-state index in [0.29, 0.717) is 11.3 Å². The average molecular weight is 268 g/mol. The molecule has 1 saturated heterocycles. The number of hydrogen-bond donors (Lipinski definition) is 1. The molecule has 2 atom stereocenters. The van der Waals surface area contributed by atoms with Crippen LogP contribution in [-0.4, -0.2) is 23.7 Å². The summed E-state index contributed by atoms with van der Waals surface area (Å²) in [6.45, 7) is 4.22. The number of anilines is 1. The Hall–Kier alpha value is -1.69. The van der Waals surface area contributed by atoms with Crippen molar-refractivity contribution >= 4 is 11.4 Å². The molecule has 1 aromatic carbocycles. The molecule has 19 heavy (non-hydrogen) atoms. The van der Waals surface area contributed by atoms with Crippen molar-refractivity contribution in [2.45, 2.75) is 38.8 Å².